The molecule has 3 heteroatoms. The monoisotopic (exact) mass is 202 g/mol. The minimum atomic E-state index is 0.179. The standard InChI is InChI=1S/C12H14N2O/c1-8-6-7-14-11(8)13-10-5-3-2-4-9(10)12(14)15/h2-5,8,11,13H,6-7H2,1H3. The molecule has 15 heavy (non-hydrogen) atoms. The van der Waals surface area contributed by atoms with E-state index >= 15 is 0 Å². The maximum absolute atomic E-state index is 12.1. The average molecular weight is 202 g/mol. The number of benzene rings is 1. The Kier molecular flexibility index (Phi) is 1.75. The lowest BCUT2D eigenvalue weighted by molar-refractivity contribution is 0.0728. The second-order valence-electron chi connectivity index (χ2n) is 4.40. The van der Waals surface area contributed by atoms with E-state index in [0.29, 0.717) is 5.92 Å². The third kappa shape index (κ3) is 1.16. The number of carbonyl (C=O) groups excluding carboxylic acids is 1. The van der Waals surface area contributed by atoms with Crippen LogP contribution in [0.5, 0.6) is 0 Å². The van der Waals surface area contributed by atoms with Crippen molar-refractivity contribution in [3.63, 3.8) is 0 Å². The van der Waals surface area contributed by atoms with E-state index in [1.54, 1.807) is 0 Å². The van der Waals surface area contributed by atoms with Gasteiger partial charge in [0, 0.05) is 12.2 Å². The van der Waals surface area contributed by atoms with Gasteiger partial charge in [-0.05, 0) is 24.5 Å². The third-order valence-electron chi connectivity index (χ3n) is 3.42. The Hall–Kier alpha value is -1.51. The van der Waals surface area contributed by atoms with E-state index in [4.69, 9.17) is 0 Å². The quantitative estimate of drug-likeness (QED) is 0.697. The number of nitrogens with one attached hydrogen (secondary N) is 1. The topological polar surface area (TPSA) is 32.3 Å². The van der Waals surface area contributed by atoms with Gasteiger partial charge in [0.15, 0.2) is 0 Å². The van der Waals surface area contributed by atoms with Crippen LogP contribution in [0.1, 0.15) is 23.7 Å². The van der Waals surface area contributed by atoms with Crippen LogP contribution in [0.3, 0.4) is 0 Å². The molecule has 2 aliphatic rings. The molecule has 3 nitrogen and oxygen atoms in total. The van der Waals surface area contributed by atoms with E-state index in [1.165, 1.54) is 0 Å². The zero-order valence-electron chi connectivity index (χ0n) is 8.73. The van der Waals surface area contributed by atoms with Crippen LogP contribution in [0, 0.1) is 5.92 Å². The number of hydrogen-bond acceptors (Lipinski definition) is 2. The molecule has 0 bridgehead atoms. The SMILES string of the molecule is CC1CCN2C(=O)c3ccccc3NC12. The number of carbonyl (C=O) groups is 1. The van der Waals surface area contributed by atoms with Gasteiger partial charge in [-0.2, -0.15) is 0 Å². The summed E-state index contributed by atoms with van der Waals surface area (Å²) in [6.45, 7) is 3.07. The highest BCUT2D eigenvalue weighted by atomic mass is 16.2. The van der Waals surface area contributed by atoms with E-state index in [1.807, 2.05) is 29.2 Å². The van der Waals surface area contributed by atoms with Gasteiger partial charge < -0.3 is 10.2 Å². The average Bonchev–Trinajstić information content (AvgIpc) is 2.62. The zero-order valence-corrected chi connectivity index (χ0v) is 8.73. The van der Waals surface area contributed by atoms with Crippen LogP contribution in [0.2, 0.25) is 0 Å². The summed E-state index contributed by atoms with van der Waals surface area (Å²) >= 11 is 0. The highest BCUT2D eigenvalue weighted by Gasteiger charge is 2.38. The first kappa shape index (κ1) is 8.77. The Bertz CT molecular complexity index is 416. The number of fused-ring (bicyclic) bond motifs is 2. The lowest BCUT2D eigenvalue weighted by Gasteiger charge is -2.34. The summed E-state index contributed by atoms with van der Waals surface area (Å²) in [6.07, 6.45) is 1.30. The van der Waals surface area contributed by atoms with Crippen molar-refractivity contribution in [2.45, 2.75) is 19.5 Å². The van der Waals surface area contributed by atoms with Crippen molar-refractivity contribution in [1.29, 1.82) is 0 Å². The van der Waals surface area contributed by atoms with Gasteiger partial charge in [-0.3, -0.25) is 4.79 Å². The molecule has 1 aromatic carbocycles. The second-order valence-corrected chi connectivity index (χ2v) is 4.40. The van der Waals surface area contributed by atoms with Crippen LogP contribution in [0.15, 0.2) is 24.3 Å². The molecule has 1 fully saturated rings. The smallest absolute Gasteiger partial charge is 0.257 e. The normalized spacial score (nSPS) is 28.3. The number of rotatable bonds is 0. The molecule has 1 saturated heterocycles. The second kappa shape index (κ2) is 2.99. The van der Waals surface area contributed by atoms with Gasteiger partial charge in [0.05, 0.1) is 5.56 Å². The summed E-state index contributed by atoms with van der Waals surface area (Å²) in [5, 5.41) is 3.44. The Balaban J connectivity index is 2.06. The van der Waals surface area contributed by atoms with Crippen molar-refractivity contribution >= 4 is 11.6 Å². The van der Waals surface area contributed by atoms with E-state index in [2.05, 4.69) is 12.2 Å². The van der Waals surface area contributed by atoms with Crippen LogP contribution in [-0.4, -0.2) is 23.5 Å². The minimum Gasteiger partial charge on any atom is -0.364 e. The van der Waals surface area contributed by atoms with E-state index in [0.717, 1.165) is 24.2 Å². The molecule has 3 rings (SSSR count). The van der Waals surface area contributed by atoms with Gasteiger partial charge in [-0.25, -0.2) is 0 Å². The van der Waals surface area contributed by atoms with Gasteiger partial charge >= 0.3 is 0 Å². The van der Waals surface area contributed by atoms with Crippen molar-refractivity contribution < 1.29 is 4.79 Å². The summed E-state index contributed by atoms with van der Waals surface area (Å²) in [7, 11) is 0. The molecule has 2 unspecified atom stereocenters. The number of hydrogen-bond donors (Lipinski definition) is 1. The Morgan fingerprint density at radius 1 is 1.40 bits per heavy atom. The lowest BCUT2D eigenvalue weighted by Crippen LogP contribution is -2.46. The van der Waals surface area contributed by atoms with Gasteiger partial charge in [0.1, 0.15) is 6.17 Å². The third-order valence-corrected chi connectivity index (χ3v) is 3.42. The number of amides is 1. The fraction of sp³-hybridized carbons (Fsp3) is 0.417. The maximum Gasteiger partial charge on any atom is 0.257 e. The number of para-hydroxylation sites is 1. The number of anilines is 1. The summed E-state index contributed by atoms with van der Waals surface area (Å²) in [5.41, 5.74) is 1.79. The van der Waals surface area contributed by atoms with Crippen LogP contribution in [0.4, 0.5) is 5.69 Å². The van der Waals surface area contributed by atoms with Crippen LogP contribution >= 0.6 is 0 Å². The first-order valence-electron chi connectivity index (χ1n) is 5.44. The molecule has 2 heterocycles. The molecule has 1 aromatic rings. The van der Waals surface area contributed by atoms with Crippen molar-refractivity contribution in [1.82, 2.24) is 4.90 Å². The Morgan fingerprint density at radius 3 is 3.07 bits per heavy atom. The van der Waals surface area contributed by atoms with Gasteiger partial charge in [-0.15, -0.1) is 0 Å². The van der Waals surface area contributed by atoms with Crippen molar-refractivity contribution in [2.75, 3.05) is 11.9 Å². The van der Waals surface area contributed by atoms with E-state index < -0.39 is 0 Å². The van der Waals surface area contributed by atoms with E-state index in [9.17, 15) is 4.79 Å². The molecule has 1 N–H and O–H groups in total. The summed E-state index contributed by atoms with van der Waals surface area (Å²) < 4.78 is 0. The molecule has 2 aliphatic heterocycles. The largest absolute Gasteiger partial charge is 0.364 e. The molecule has 1 amide bonds. The first-order valence-corrected chi connectivity index (χ1v) is 5.44. The molecule has 0 aromatic heterocycles. The molecule has 0 saturated carbocycles. The lowest BCUT2D eigenvalue weighted by atomic mass is 10.0. The predicted molar refractivity (Wildman–Crippen MR) is 58.7 cm³/mol. The highest BCUT2D eigenvalue weighted by molar-refractivity contribution is 6.01. The van der Waals surface area contributed by atoms with Crippen LogP contribution < -0.4 is 5.32 Å². The molecule has 0 spiro atoms. The van der Waals surface area contributed by atoms with Crippen LogP contribution in [-0.2, 0) is 0 Å². The molecule has 0 aliphatic carbocycles. The highest BCUT2D eigenvalue weighted by Crippen LogP contribution is 2.33. The van der Waals surface area contributed by atoms with Gasteiger partial charge in [-0.1, -0.05) is 19.1 Å². The number of nitrogens with zero attached hydrogens (tertiary/aromatic N) is 1. The van der Waals surface area contributed by atoms with Gasteiger partial charge in [0.2, 0.25) is 0 Å². The maximum atomic E-state index is 12.1. The van der Waals surface area contributed by atoms with Crippen LogP contribution in [0.25, 0.3) is 0 Å². The fourth-order valence-corrected chi connectivity index (χ4v) is 2.50. The zero-order chi connectivity index (χ0) is 10.4. The van der Waals surface area contributed by atoms with Gasteiger partial charge in [0.25, 0.3) is 5.91 Å². The van der Waals surface area contributed by atoms with Crippen molar-refractivity contribution in [2.24, 2.45) is 5.92 Å². The minimum absolute atomic E-state index is 0.179. The molecular formula is C12H14N2O. The Labute approximate surface area is 89.1 Å². The molecule has 0 radical (unpaired) electrons. The summed E-state index contributed by atoms with van der Waals surface area (Å²) in [5.74, 6) is 0.723. The first-order chi connectivity index (χ1) is 7.27. The predicted octanol–water partition coefficient (Wildman–Crippen LogP) is 1.92. The summed E-state index contributed by atoms with van der Waals surface area (Å²) in [4.78, 5) is 14.1. The van der Waals surface area contributed by atoms with Crippen molar-refractivity contribution in [3.05, 3.63) is 29.8 Å². The molecular weight excluding hydrogens is 188 g/mol. The van der Waals surface area contributed by atoms with E-state index in [-0.39, 0.29) is 12.1 Å². The Morgan fingerprint density at radius 2 is 2.20 bits per heavy atom. The molecule has 2 atom stereocenters. The fourth-order valence-electron chi connectivity index (χ4n) is 2.50. The summed E-state index contributed by atoms with van der Waals surface area (Å²) in [6, 6.07) is 7.76. The van der Waals surface area contributed by atoms with Crippen molar-refractivity contribution in [3.8, 4) is 0 Å². The molecule has 78 valence electrons.